The number of nitrogens with zero attached hydrogens (tertiary/aromatic N) is 3. The molecule has 0 aromatic carbocycles. The average molecular weight is 297 g/mol. The highest BCUT2D eigenvalue weighted by molar-refractivity contribution is 5.76. The summed E-state index contributed by atoms with van der Waals surface area (Å²) in [5.41, 5.74) is 6.67. The summed E-state index contributed by atoms with van der Waals surface area (Å²) in [6, 6.07) is 0. The van der Waals surface area contributed by atoms with Crippen LogP contribution in [0.4, 0.5) is 5.95 Å². The number of nitrogen functional groups attached to an aromatic ring is 1. The van der Waals surface area contributed by atoms with Crippen LogP contribution in [0.2, 0.25) is 0 Å². The third kappa shape index (κ3) is 4.81. The second-order valence-corrected chi connectivity index (χ2v) is 4.05. The number of methoxy groups -OCH3 is 1. The fraction of sp³-hybridized carbons (Fsp3) is 0.583. The van der Waals surface area contributed by atoms with Crippen LogP contribution in [0.3, 0.4) is 0 Å². The van der Waals surface area contributed by atoms with Crippen molar-refractivity contribution in [1.82, 2.24) is 19.9 Å². The van der Waals surface area contributed by atoms with E-state index in [-0.39, 0.29) is 5.95 Å². The molecule has 2 heterocycles. The first-order chi connectivity index (χ1) is 10.3. The molecule has 0 bridgehead atoms. The Balaban J connectivity index is 1.65. The van der Waals surface area contributed by atoms with Gasteiger partial charge in [0.2, 0.25) is 11.8 Å². The van der Waals surface area contributed by atoms with Crippen molar-refractivity contribution >= 4 is 17.1 Å². The quantitative estimate of drug-likeness (QED) is 0.588. The average Bonchev–Trinajstić information content (AvgIpc) is 2.93. The minimum absolute atomic E-state index is 0.122. The van der Waals surface area contributed by atoms with Gasteiger partial charge in [-0.2, -0.15) is 9.97 Å². The lowest BCUT2D eigenvalue weighted by Crippen LogP contribution is -2.13. The molecular weight excluding hydrogens is 278 g/mol. The Morgan fingerprint density at radius 3 is 2.52 bits per heavy atom. The van der Waals surface area contributed by atoms with Gasteiger partial charge in [0.1, 0.15) is 12.1 Å². The summed E-state index contributed by atoms with van der Waals surface area (Å²) in [7, 11) is 1.63. The summed E-state index contributed by atoms with van der Waals surface area (Å²) in [5, 5.41) is 0. The Bertz CT molecular complexity index is 547. The van der Waals surface area contributed by atoms with Crippen molar-refractivity contribution in [3.8, 4) is 5.88 Å². The summed E-state index contributed by atoms with van der Waals surface area (Å²) in [6.07, 6.45) is 1.51. The number of nitrogens with one attached hydrogen (secondary N) is 1. The van der Waals surface area contributed by atoms with Crippen LogP contribution in [-0.2, 0) is 14.2 Å². The first-order valence-corrected chi connectivity index (χ1v) is 6.55. The molecule has 3 N–H and O–H groups in total. The normalized spacial score (nSPS) is 11.1. The molecule has 0 spiro atoms. The van der Waals surface area contributed by atoms with Crippen LogP contribution in [0.25, 0.3) is 11.2 Å². The molecule has 0 saturated carbocycles. The zero-order chi connectivity index (χ0) is 14.9. The number of ether oxygens (including phenoxy) is 4. The molecule has 21 heavy (non-hydrogen) atoms. The Kier molecular flexibility index (Phi) is 6.13. The molecule has 2 rings (SSSR count). The number of H-pyrrole nitrogens is 1. The number of anilines is 1. The van der Waals surface area contributed by atoms with E-state index in [1.807, 2.05) is 0 Å². The smallest absolute Gasteiger partial charge is 0.245 e. The molecule has 2 aromatic heterocycles. The molecule has 0 radical (unpaired) electrons. The number of aromatic nitrogens is 4. The van der Waals surface area contributed by atoms with Crippen LogP contribution >= 0.6 is 0 Å². The molecular formula is C12H19N5O4. The second-order valence-electron chi connectivity index (χ2n) is 4.05. The third-order valence-corrected chi connectivity index (χ3v) is 2.54. The van der Waals surface area contributed by atoms with Gasteiger partial charge < -0.3 is 29.7 Å². The zero-order valence-electron chi connectivity index (χ0n) is 11.9. The number of rotatable bonds is 10. The highest BCUT2D eigenvalue weighted by atomic mass is 16.6. The highest BCUT2D eigenvalue weighted by Gasteiger charge is 2.09. The minimum atomic E-state index is 0.122. The predicted octanol–water partition coefficient (Wildman–Crippen LogP) is -0.00650. The number of hydrogen-bond donors (Lipinski definition) is 2. The summed E-state index contributed by atoms with van der Waals surface area (Å²) < 4.78 is 21.0. The van der Waals surface area contributed by atoms with Crippen molar-refractivity contribution in [2.75, 3.05) is 52.5 Å². The lowest BCUT2D eigenvalue weighted by molar-refractivity contribution is 0.0177. The zero-order valence-corrected chi connectivity index (χ0v) is 11.9. The van der Waals surface area contributed by atoms with Gasteiger partial charge in [0.25, 0.3) is 0 Å². The maximum absolute atomic E-state index is 5.58. The molecule has 9 nitrogen and oxygen atoms in total. The van der Waals surface area contributed by atoms with Gasteiger partial charge in [-0.15, -0.1) is 0 Å². The fourth-order valence-corrected chi connectivity index (χ4v) is 1.59. The van der Waals surface area contributed by atoms with Gasteiger partial charge in [-0.05, 0) is 0 Å². The van der Waals surface area contributed by atoms with E-state index in [0.29, 0.717) is 56.7 Å². The van der Waals surface area contributed by atoms with Crippen LogP contribution in [0.1, 0.15) is 0 Å². The highest BCUT2D eigenvalue weighted by Crippen LogP contribution is 2.19. The second kappa shape index (κ2) is 8.35. The van der Waals surface area contributed by atoms with Crippen molar-refractivity contribution in [2.45, 2.75) is 0 Å². The van der Waals surface area contributed by atoms with Crippen LogP contribution < -0.4 is 10.5 Å². The van der Waals surface area contributed by atoms with E-state index in [1.165, 1.54) is 6.33 Å². The Morgan fingerprint density at radius 2 is 1.76 bits per heavy atom. The van der Waals surface area contributed by atoms with Crippen molar-refractivity contribution in [3.05, 3.63) is 6.33 Å². The maximum Gasteiger partial charge on any atom is 0.245 e. The summed E-state index contributed by atoms with van der Waals surface area (Å²) >= 11 is 0. The SMILES string of the molecule is COCCOCCOCCOc1nc(N)nc2nc[nH]c12. The Labute approximate surface area is 121 Å². The first kappa shape index (κ1) is 15.4. The number of aromatic amines is 1. The molecule has 0 amide bonds. The van der Waals surface area contributed by atoms with Crippen LogP contribution in [0, 0.1) is 0 Å². The molecule has 0 unspecified atom stereocenters. The van der Waals surface area contributed by atoms with Crippen molar-refractivity contribution < 1.29 is 18.9 Å². The largest absolute Gasteiger partial charge is 0.474 e. The van der Waals surface area contributed by atoms with E-state index in [1.54, 1.807) is 7.11 Å². The molecule has 116 valence electrons. The fourth-order valence-electron chi connectivity index (χ4n) is 1.59. The van der Waals surface area contributed by atoms with E-state index >= 15 is 0 Å². The van der Waals surface area contributed by atoms with Gasteiger partial charge in [-0.1, -0.05) is 0 Å². The van der Waals surface area contributed by atoms with Crippen molar-refractivity contribution in [3.63, 3.8) is 0 Å². The summed E-state index contributed by atoms with van der Waals surface area (Å²) in [5.74, 6) is 0.493. The van der Waals surface area contributed by atoms with Gasteiger partial charge in [0.15, 0.2) is 5.65 Å². The van der Waals surface area contributed by atoms with Crippen LogP contribution in [0.5, 0.6) is 5.88 Å². The number of nitrogens with two attached hydrogens (primary N) is 1. The summed E-state index contributed by atoms with van der Waals surface area (Å²) in [6.45, 7) is 2.94. The molecule has 0 fully saturated rings. The van der Waals surface area contributed by atoms with E-state index in [9.17, 15) is 0 Å². The van der Waals surface area contributed by atoms with Gasteiger partial charge in [-0.3, -0.25) is 0 Å². The van der Waals surface area contributed by atoms with Crippen LogP contribution in [-0.4, -0.2) is 66.7 Å². The molecule has 9 heteroatoms. The van der Waals surface area contributed by atoms with E-state index in [0.717, 1.165) is 0 Å². The Hall–Kier alpha value is -1.97. The summed E-state index contributed by atoms with van der Waals surface area (Å²) in [4.78, 5) is 14.9. The topological polar surface area (TPSA) is 117 Å². The van der Waals surface area contributed by atoms with E-state index in [4.69, 9.17) is 24.7 Å². The van der Waals surface area contributed by atoms with Crippen molar-refractivity contribution in [2.24, 2.45) is 0 Å². The first-order valence-electron chi connectivity index (χ1n) is 6.55. The molecule has 0 saturated heterocycles. The van der Waals surface area contributed by atoms with Gasteiger partial charge in [0, 0.05) is 7.11 Å². The van der Waals surface area contributed by atoms with E-state index in [2.05, 4.69) is 19.9 Å². The molecule has 0 atom stereocenters. The van der Waals surface area contributed by atoms with Crippen LogP contribution in [0.15, 0.2) is 6.33 Å². The van der Waals surface area contributed by atoms with Gasteiger partial charge >= 0.3 is 0 Å². The monoisotopic (exact) mass is 297 g/mol. The number of hydrogen-bond acceptors (Lipinski definition) is 8. The third-order valence-electron chi connectivity index (χ3n) is 2.54. The van der Waals surface area contributed by atoms with Gasteiger partial charge in [0.05, 0.1) is 39.4 Å². The molecule has 2 aromatic rings. The standard InChI is InChI=1S/C12H19N5O4/c1-18-2-3-19-4-5-20-6-7-21-11-9-10(15-8-14-9)16-12(13)17-11/h8H,2-7H2,1H3,(H3,13,14,15,16,17). The molecule has 0 aliphatic rings. The number of fused-ring (bicyclic) bond motifs is 1. The molecule has 0 aliphatic carbocycles. The van der Waals surface area contributed by atoms with Gasteiger partial charge in [-0.25, -0.2) is 4.98 Å². The lowest BCUT2D eigenvalue weighted by atomic mass is 10.5. The van der Waals surface area contributed by atoms with Crippen molar-refractivity contribution in [1.29, 1.82) is 0 Å². The number of imidazole rings is 1. The Morgan fingerprint density at radius 1 is 1.05 bits per heavy atom. The lowest BCUT2D eigenvalue weighted by Gasteiger charge is -2.07. The maximum atomic E-state index is 5.58. The predicted molar refractivity (Wildman–Crippen MR) is 75.1 cm³/mol. The molecule has 0 aliphatic heterocycles. The minimum Gasteiger partial charge on any atom is -0.474 e. The van der Waals surface area contributed by atoms with E-state index < -0.39 is 0 Å².